The Hall–Kier alpha value is -4.62. The van der Waals surface area contributed by atoms with E-state index < -0.39 is 11.7 Å². The summed E-state index contributed by atoms with van der Waals surface area (Å²) < 4.78 is 15.5. The second-order valence-corrected chi connectivity index (χ2v) is 9.08. The summed E-state index contributed by atoms with van der Waals surface area (Å²) in [6.07, 6.45) is 4.92. The number of benzene rings is 2. The summed E-state index contributed by atoms with van der Waals surface area (Å²) >= 11 is 0. The highest BCUT2D eigenvalue weighted by molar-refractivity contribution is 6.11. The molecule has 3 N–H and O–H groups in total. The van der Waals surface area contributed by atoms with Crippen molar-refractivity contribution in [2.24, 2.45) is 0 Å². The molecule has 10 heteroatoms. The van der Waals surface area contributed by atoms with Crippen LogP contribution in [-0.4, -0.2) is 46.5 Å². The average Bonchev–Trinajstić information content (AvgIpc) is 2.93. The zero-order valence-electron chi connectivity index (χ0n) is 20.9. The molecule has 38 heavy (non-hydrogen) atoms. The number of anilines is 4. The summed E-state index contributed by atoms with van der Waals surface area (Å²) in [6.45, 7) is 3.57. The number of nitrogens with one attached hydrogen (secondary N) is 3. The molecule has 1 fully saturated rings. The number of pyridine rings is 1. The van der Waals surface area contributed by atoms with Crippen molar-refractivity contribution < 1.29 is 9.18 Å². The number of hydrogen-bond acceptors (Lipinski definition) is 8. The molecule has 2 aromatic carbocycles. The van der Waals surface area contributed by atoms with E-state index in [0.717, 1.165) is 35.7 Å². The molecule has 3 heterocycles. The van der Waals surface area contributed by atoms with Crippen molar-refractivity contribution in [3.63, 3.8) is 0 Å². The van der Waals surface area contributed by atoms with Crippen LogP contribution in [0.5, 0.6) is 0 Å². The molecule has 0 unspecified atom stereocenters. The number of rotatable bonds is 7. The van der Waals surface area contributed by atoms with Gasteiger partial charge in [-0.25, -0.2) is 14.4 Å². The zero-order chi connectivity index (χ0) is 26.5. The van der Waals surface area contributed by atoms with Crippen molar-refractivity contribution in [1.82, 2.24) is 20.3 Å². The van der Waals surface area contributed by atoms with Crippen molar-refractivity contribution in [2.45, 2.75) is 25.8 Å². The van der Waals surface area contributed by atoms with Gasteiger partial charge in [0, 0.05) is 30.0 Å². The quantitative estimate of drug-likeness (QED) is 0.310. The molecule has 0 saturated carbocycles. The molecule has 192 valence electrons. The number of aryl methyl sites for hydroxylation is 1. The Balaban J connectivity index is 1.48. The Labute approximate surface area is 219 Å². The number of nitriles is 1. The number of piperidine rings is 1. The molecule has 0 aliphatic carbocycles. The molecule has 1 saturated heterocycles. The van der Waals surface area contributed by atoms with Crippen LogP contribution in [0.4, 0.5) is 27.7 Å². The van der Waals surface area contributed by atoms with Gasteiger partial charge < -0.3 is 16.0 Å². The maximum Gasteiger partial charge on any atom is 0.262 e. The maximum absolute atomic E-state index is 15.5. The summed E-state index contributed by atoms with van der Waals surface area (Å²) in [5.41, 5.74) is 1.35. The van der Waals surface area contributed by atoms with Gasteiger partial charge in [-0.05, 0) is 67.6 Å². The first kappa shape index (κ1) is 25.0. The van der Waals surface area contributed by atoms with Gasteiger partial charge in [0.05, 0.1) is 17.7 Å². The van der Waals surface area contributed by atoms with Gasteiger partial charge in [0.15, 0.2) is 0 Å². The van der Waals surface area contributed by atoms with Crippen molar-refractivity contribution >= 4 is 40.0 Å². The third-order valence-electron chi connectivity index (χ3n) is 6.52. The molecule has 4 aromatic rings. The van der Waals surface area contributed by atoms with E-state index in [1.807, 2.05) is 37.3 Å². The first-order chi connectivity index (χ1) is 18.5. The van der Waals surface area contributed by atoms with Crippen LogP contribution in [-0.2, 0) is 0 Å². The van der Waals surface area contributed by atoms with E-state index in [-0.39, 0.29) is 24.1 Å². The van der Waals surface area contributed by atoms with Crippen LogP contribution in [0, 0.1) is 24.1 Å². The minimum atomic E-state index is -0.663. The van der Waals surface area contributed by atoms with Gasteiger partial charge in [-0.1, -0.05) is 18.2 Å². The van der Waals surface area contributed by atoms with Crippen LogP contribution in [0.25, 0.3) is 10.8 Å². The lowest BCUT2D eigenvalue weighted by atomic mass is 10.0. The van der Waals surface area contributed by atoms with E-state index in [0.29, 0.717) is 23.9 Å². The van der Waals surface area contributed by atoms with Gasteiger partial charge in [-0.2, -0.15) is 10.2 Å². The Morgan fingerprint density at radius 1 is 1.21 bits per heavy atom. The molecule has 9 nitrogen and oxygen atoms in total. The third kappa shape index (κ3) is 5.23. The third-order valence-corrected chi connectivity index (χ3v) is 6.52. The van der Waals surface area contributed by atoms with Gasteiger partial charge in [-0.3, -0.25) is 9.69 Å². The Kier molecular flexibility index (Phi) is 7.38. The predicted molar refractivity (Wildman–Crippen MR) is 145 cm³/mol. The topological polar surface area (TPSA) is 119 Å². The minimum Gasteiger partial charge on any atom is -0.357 e. The SMILES string of the molecule is Cc1cccc2ccnc(N(C(=O)c3ccc(Nc4nccc(NCC#N)n4)cc3F)[C@@H]3CCCNC3)c12. The number of amides is 1. The Morgan fingerprint density at radius 2 is 2.08 bits per heavy atom. The van der Waals surface area contributed by atoms with Crippen LogP contribution < -0.4 is 20.9 Å². The Morgan fingerprint density at radius 3 is 2.87 bits per heavy atom. The highest BCUT2D eigenvalue weighted by Gasteiger charge is 2.31. The molecule has 1 atom stereocenters. The van der Waals surface area contributed by atoms with Gasteiger partial charge in [-0.15, -0.1) is 0 Å². The predicted octanol–water partition coefficient (Wildman–Crippen LogP) is 4.55. The van der Waals surface area contributed by atoms with E-state index in [1.165, 1.54) is 18.3 Å². The first-order valence-corrected chi connectivity index (χ1v) is 12.4. The smallest absolute Gasteiger partial charge is 0.262 e. The number of nitrogens with zero attached hydrogens (tertiary/aromatic N) is 5. The normalized spacial score (nSPS) is 15.0. The number of carbonyl (C=O) groups is 1. The van der Waals surface area contributed by atoms with Gasteiger partial charge in [0.1, 0.15) is 24.0 Å². The summed E-state index contributed by atoms with van der Waals surface area (Å²) in [4.78, 5) is 28.6. The second-order valence-electron chi connectivity index (χ2n) is 9.08. The fraction of sp³-hybridized carbons (Fsp3) is 0.250. The summed E-state index contributed by atoms with van der Waals surface area (Å²) in [6, 6.07) is 15.7. The fourth-order valence-corrected chi connectivity index (χ4v) is 4.73. The zero-order valence-corrected chi connectivity index (χ0v) is 20.9. The van der Waals surface area contributed by atoms with Crippen molar-refractivity contribution in [3.05, 3.63) is 77.9 Å². The number of aromatic nitrogens is 3. The van der Waals surface area contributed by atoms with Crippen LogP contribution in [0.2, 0.25) is 0 Å². The number of halogens is 1. The largest absolute Gasteiger partial charge is 0.357 e. The maximum atomic E-state index is 15.5. The highest BCUT2D eigenvalue weighted by Crippen LogP contribution is 2.32. The van der Waals surface area contributed by atoms with E-state index >= 15 is 4.39 Å². The lowest BCUT2D eigenvalue weighted by Crippen LogP contribution is -2.49. The molecule has 1 aliphatic heterocycles. The van der Waals surface area contributed by atoms with Crippen molar-refractivity contribution in [3.8, 4) is 6.07 Å². The Bertz CT molecular complexity index is 1510. The summed E-state index contributed by atoms with van der Waals surface area (Å²) in [7, 11) is 0. The number of fused-ring (bicyclic) bond motifs is 1. The molecule has 5 rings (SSSR count). The molecular weight excluding hydrogens is 483 g/mol. The van der Waals surface area contributed by atoms with E-state index in [2.05, 4.69) is 30.9 Å². The molecule has 2 aromatic heterocycles. The number of hydrogen-bond donors (Lipinski definition) is 3. The van der Waals surface area contributed by atoms with Crippen LogP contribution >= 0.6 is 0 Å². The van der Waals surface area contributed by atoms with Crippen molar-refractivity contribution in [1.29, 1.82) is 5.26 Å². The van der Waals surface area contributed by atoms with E-state index in [4.69, 9.17) is 5.26 Å². The molecule has 0 spiro atoms. The van der Waals surface area contributed by atoms with Gasteiger partial charge >= 0.3 is 0 Å². The second kappa shape index (κ2) is 11.2. The molecular formula is C28H27FN8O. The molecule has 1 amide bonds. The van der Waals surface area contributed by atoms with Gasteiger partial charge in [0.2, 0.25) is 5.95 Å². The fourth-order valence-electron chi connectivity index (χ4n) is 4.73. The molecule has 0 bridgehead atoms. The standard InChI is InChI=1S/C28H27FN8O/c1-18-4-2-5-19-9-13-33-26(25(18)19)37(21-6-3-12-31-17-21)27(38)22-8-7-20(16-23(22)29)35-28-34-14-10-24(36-28)32-15-11-30/h2,4-5,7-10,13-14,16,21,31H,3,6,12,15,17H2,1H3,(H2,32,34,35,36)/t21-/m1/s1. The molecule has 1 aliphatic rings. The molecule has 0 radical (unpaired) electrons. The summed E-state index contributed by atoms with van der Waals surface area (Å²) in [5, 5.41) is 19.8. The van der Waals surface area contributed by atoms with E-state index in [1.54, 1.807) is 23.2 Å². The number of carbonyl (C=O) groups excluding carboxylic acids is 1. The van der Waals surface area contributed by atoms with Gasteiger partial charge in [0.25, 0.3) is 5.91 Å². The van der Waals surface area contributed by atoms with Crippen LogP contribution in [0.3, 0.4) is 0 Å². The van der Waals surface area contributed by atoms with E-state index in [9.17, 15) is 4.79 Å². The van der Waals surface area contributed by atoms with Crippen LogP contribution in [0.15, 0.2) is 60.9 Å². The van der Waals surface area contributed by atoms with Crippen LogP contribution in [0.1, 0.15) is 28.8 Å². The lowest BCUT2D eigenvalue weighted by Gasteiger charge is -2.35. The highest BCUT2D eigenvalue weighted by atomic mass is 19.1. The lowest BCUT2D eigenvalue weighted by molar-refractivity contribution is 0.0968. The first-order valence-electron chi connectivity index (χ1n) is 12.4. The minimum absolute atomic E-state index is 0.0427. The average molecular weight is 511 g/mol. The monoisotopic (exact) mass is 510 g/mol. The van der Waals surface area contributed by atoms with Crippen molar-refractivity contribution in [2.75, 3.05) is 35.2 Å². The summed E-state index contributed by atoms with van der Waals surface area (Å²) in [5.74, 6) is 0.133.